The van der Waals surface area contributed by atoms with Crippen LogP contribution in [-0.2, 0) is 4.18 Å². The second kappa shape index (κ2) is 7.56. The van der Waals surface area contributed by atoms with Gasteiger partial charge in [-0.25, -0.2) is 0 Å². The van der Waals surface area contributed by atoms with Gasteiger partial charge in [-0.15, -0.1) is 11.6 Å². The molecule has 0 atom stereocenters. The van der Waals surface area contributed by atoms with Crippen molar-refractivity contribution in [2.24, 2.45) is 0 Å². The first-order valence-electron chi connectivity index (χ1n) is 7.56. The van der Waals surface area contributed by atoms with Crippen LogP contribution in [0.5, 0.6) is 0 Å². The average molecular weight is 358 g/mol. The van der Waals surface area contributed by atoms with Gasteiger partial charge < -0.3 is 4.79 Å². The molecular formula is C20H18ClO2S+. The highest BCUT2D eigenvalue weighted by Gasteiger charge is 2.41. The molecule has 3 aromatic carbocycles. The SMILES string of the molecule is [OH+]=C(CCl)OS(c1ccccc1)(c1ccccc1)c1ccccc1. The second-order valence-corrected chi connectivity index (χ2v) is 8.07. The van der Waals surface area contributed by atoms with Crippen LogP contribution in [0, 0.1) is 0 Å². The van der Waals surface area contributed by atoms with Crippen molar-refractivity contribution in [1.29, 1.82) is 0 Å². The highest BCUT2D eigenvalue weighted by atomic mass is 35.5. The van der Waals surface area contributed by atoms with Crippen LogP contribution in [0.4, 0.5) is 0 Å². The minimum atomic E-state index is -2.12. The van der Waals surface area contributed by atoms with Crippen LogP contribution in [0.25, 0.3) is 0 Å². The van der Waals surface area contributed by atoms with Gasteiger partial charge in [-0.05, 0) is 36.4 Å². The molecule has 0 saturated carbocycles. The van der Waals surface area contributed by atoms with Crippen LogP contribution in [0.3, 0.4) is 0 Å². The van der Waals surface area contributed by atoms with E-state index in [-0.39, 0.29) is 11.8 Å². The number of halogens is 1. The van der Waals surface area contributed by atoms with E-state index in [4.69, 9.17) is 15.8 Å². The summed E-state index contributed by atoms with van der Waals surface area (Å²) in [5.41, 5.74) is 0. The van der Waals surface area contributed by atoms with Gasteiger partial charge in [0.2, 0.25) is 0 Å². The normalized spacial score (nSPS) is 11.7. The van der Waals surface area contributed by atoms with Crippen LogP contribution in [-0.4, -0.2) is 16.6 Å². The van der Waals surface area contributed by atoms with Crippen LogP contribution in [0.15, 0.2) is 106 Å². The highest BCUT2D eigenvalue weighted by Crippen LogP contribution is 2.69. The van der Waals surface area contributed by atoms with Crippen molar-refractivity contribution in [3.8, 4) is 0 Å². The molecule has 0 aliphatic carbocycles. The number of hydrogen-bond acceptors (Lipinski definition) is 1. The molecule has 1 N–H and O–H groups in total. The Morgan fingerprint density at radius 1 is 0.708 bits per heavy atom. The fourth-order valence-electron chi connectivity index (χ4n) is 2.56. The fourth-order valence-corrected chi connectivity index (χ4v) is 5.75. The minimum absolute atomic E-state index is 0.0682. The molecule has 2 nitrogen and oxygen atoms in total. The Bertz CT molecular complexity index is 695. The van der Waals surface area contributed by atoms with E-state index in [2.05, 4.69) is 0 Å². The Balaban J connectivity index is 2.30. The molecule has 0 fully saturated rings. The van der Waals surface area contributed by atoms with Gasteiger partial charge in [-0.2, -0.15) is 0 Å². The third-order valence-corrected chi connectivity index (χ3v) is 7.04. The quantitative estimate of drug-likeness (QED) is 0.429. The first kappa shape index (κ1) is 16.6. The van der Waals surface area contributed by atoms with E-state index in [1.54, 1.807) is 0 Å². The summed E-state index contributed by atoms with van der Waals surface area (Å²) in [6.45, 7) is 0. The van der Waals surface area contributed by atoms with Crippen LogP contribution in [0.2, 0.25) is 0 Å². The smallest absolute Gasteiger partial charge is 0.337 e. The second-order valence-electron chi connectivity index (χ2n) is 5.11. The van der Waals surface area contributed by atoms with E-state index in [1.165, 1.54) is 0 Å². The van der Waals surface area contributed by atoms with Gasteiger partial charge >= 0.3 is 5.97 Å². The minimum Gasteiger partial charge on any atom is -0.337 e. The van der Waals surface area contributed by atoms with Crippen molar-refractivity contribution < 1.29 is 8.98 Å². The van der Waals surface area contributed by atoms with Gasteiger partial charge in [0, 0.05) is 0 Å². The molecule has 122 valence electrons. The van der Waals surface area contributed by atoms with Crippen molar-refractivity contribution in [1.82, 2.24) is 0 Å². The zero-order valence-corrected chi connectivity index (χ0v) is 14.6. The van der Waals surface area contributed by atoms with Gasteiger partial charge in [0.1, 0.15) is 0 Å². The Labute approximate surface area is 148 Å². The molecule has 0 aliphatic heterocycles. The molecule has 3 aromatic rings. The largest absolute Gasteiger partial charge is 0.511 e. The van der Waals surface area contributed by atoms with Gasteiger partial charge in [-0.3, -0.25) is 4.18 Å². The molecule has 0 radical (unpaired) electrons. The lowest BCUT2D eigenvalue weighted by Gasteiger charge is -2.32. The van der Waals surface area contributed by atoms with Gasteiger partial charge in [0.25, 0.3) is 0 Å². The first-order chi connectivity index (χ1) is 11.8. The highest BCUT2D eigenvalue weighted by molar-refractivity contribution is 8.30. The fraction of sp³-hybridized carbons (Fsp3) is 0.0500. The maximum absolute atomic E-state index is 10.2. The number of hydrogen-bond donors (Lipinski definition) is 0. The van der Waals surface area contributed by atoms with Crippen molar-refractivity contribution >= 4 is 27.9 Å². The summed E-state index contributed by atoms with van der Waals surface area (Å²) >= 11 is 5.82. The lowest BCUT2D eigenvalue weighted by molar-refractivity contribution is 0.498. The summed E-state index contributed by atoms with van der Waals surface area (Å²) in [5, 5.41) is 0. The molecule has 4 heteroatoms. The number of alkyl halides is 1. The third kappa shape index (κ3) is 3.18. The summed E-state index contributed by atoms with van der Waals surface area (Å²) in [5.74, 6) is -0.246. The van der Waals surface area contributed by atoms with Crippen LogP contribution < -0.4 is 0 Å². The topological polar surface area (TPSA) is 30.6 Å². The molecular weight excluding hydrogens is 340 g/mol. The van der Waals surface area contributed by atoms with Crippen LogP contribution in [0.1, 0.15) is 0 Å². The predicted molar refractivity (Wildman–Crippen MR) is 100 cm³/mol. The van der Waals surface area contributed by atoms with Crippen molar-refractivity contribution in [3.05, 3.63) is 91.0 Å². The summed E-state index contributed by atoms with van der Waals surface area (Å²) in [7, 11) is -2.12. The van der Waals surface area contributed by atoms with E-state index >= 15 is 0 Å². The average Bonchev–Trinajstić information content (AvgIpc) is 2.68. The predicted octanol–water partition coefficient (Wildman–Crippen LogP) is 5.64. The van der Waals surface area contributed by atoms with E-state index in [1.807, 2.05) is 91.0 Å². The monoisotopic (exact) mass is 357 g/mol. The maximum atomic E-state index is 10.2. The molecule has 0 unspecified atom stereocenters. The van der Waals surface area contributed by atoms with Crippen molar-refractivity contribution in [3.63, 3.8) is 0 Å². The van der Waals surface area contributed by atoms with E-state index < -0.39 is 10.3 Å². The summed E-state index contributed by atoms with van der Waals surface area (Å²) < 4.78 is 6.17. The van der Waals surface area contributed by atoms with Crippen molar-refractivity contribution in [2.75, 3.05) is 5.88 Å². The standard InChI is InChI=1S/C20H17ClO2S/c21-16-20(22)23-24(17-10-4-1-5-11-17,18-12-6-2-7-13-18)19-14-8-3-9-15-19/h1-15H,16H2/p+1. The van der Waals surface area contributed by atoms with E-state index in [0.29, 0.717) is 0 Å². The number of benzene rings is 3. The number of carbonyl (C=O) groups excluding carboxylic acids is 1. The zero-order chi connectivity index (χ0) is 16.8. The lowest BCUT2D eigenvalue weighted by Crippen LogP contribution is -2.14. The van der Waals surface area contributed by atoms with Crippen LogP contribution >= 0.6 is 21.9 Å². The molecule has 0 aromatic heterocycles. The zero-order valence-electron chi connectivity index (χ0n) is 13.0. The Morgan fingerprint density at radius 3 is 1.33 bits per heavy atom. The molecule has 0 bridgehead atoms. The molecule has 24 heavy (non-hydrogen) atoms. The maximum Gasteiger partial charge on any atom is 0.511 e. The van der Waals surface area contributed by atoms with Gasteiger partial charge in [0.05, 0.1) is 25.0 Å². The Morgan fingerprint density at radius 2 is 1.04 bits per heavy atom. The molecule has 3 rings (SSSR count). The third-order valence-electron chi connectivity index (χ3n) is 3.56. The molecule has 0 heterocycles. The van der Waals surface area contributed by atoms with Crippen molar-refractivity contribution in [2.45, 2.75) is 14.7 Å². The van der Waals surface area contributed by atoms with E-state index in [9.17, 15) is 4.79 Å². The van der Waals surface area contributed by atoms with Gasteiger partial charge in [-0.1, -0.05) is 54.6 Å². The summed E-state index contributed by atoms with van der Waals surface area (Å²) in [6.07, 6.45) is 0. The summed E-state index contributed by atoms with van der Waals surface area (Å²) in [6, 6.07) is 29.9. The Hall–Kier alpha value is -2.23. The molecule has 0 aliphatic rings. The van der Waals surface area contributed by atoms with E-state index in [0.717, 1.165) is 14.7 Å². The lowest BCUT2D eigenvalue weighted by atomic mass is 10.4. The summed E-state index contributed by atoms with van der Waals surface area (Å²) in [4.78, 5) is 13.2. The molecule has 0 spiro atoms. The Kier molecular flexibility index (Phi) is 5.24. The number of rotatable bonds is 5. The molecule has 0 amide bonds. The first-order valence-corrected chi connectivity index (χ1v) is 9.65. The van der Waals surface area contributed by atoms with Gasteiger partial charge in [0.15, 0.2) is 5.88 Å². The molecule has 0 saturated heterocycles.